The van der Waals surface area contributed by atoms with Gasteiger partial charge in [-0.2, -0.15) is 0 Å². The second-order valence-electron chi connectivity index (χ2n) is 6.67. The largest absolute Gasteiger partial charge is 0.314 e. The van der Waals surface area contributed by atoms with Gasteiger partial charge < -0.3 is 10.2 Å². The summed E-state index contributed by atoms with van der Waals surface area (Å²) in [4.78, 5) is 2.64. The molecule has 1 unspecified atom stereocenters. The van der Waals surface area contributed by atoms with Crippen LogP contribution in [-0.2, 0) is 0 Å². The summed E-state index contributed by atoms with van der Waals surface area (Å²) in [5.74, 6) is 0.856. The molecule has 0 fully saturated rings. The van der Waals surface area contributed by atoms with Crippen molar-refractivity contribution in [2.45, 2.75) is 73.8 Å². The first-order valence-corrected chi connectivity index (χ1v) is 8.36. The van der Waals surface area contributed by atoms with Crippen molar-refractivity contribution in [3.05, 3.63) is 0 Å². The van der Waals surface area contributed by atoms with E-state index < -0.39 is 0 Å². The van der Waals surface area contributed by atoms with Gasteiger partial charge in [0.1, 0.15) is 0 Å². The van der Waals surface area contributed by atoms with Gasteiger partial charge in [-0.05, 0) is 37.8 Å². The summed E-state index contributed by atoms with van der Waals surface area (Å²) in [5.41, 5.74) is 0.331. The molecule has 116 valence electrons. The molecule has 2 heteroatoms. The molecule has 0 aliphatic rings. The fraction of sp³-hybridized carbons (Fsp3) is 1.00. The minimum Gasteiger partial charge on any atom is -0.314 e. The first kappa shape index (κ1) is 18.9. The third-order valence-electron chi connectivity index (χ3n) is 4.62. The summed E-state index contributed by atoms with van der Waals surface area (Å²) in [7, 11) is 0. The summed E-state index contributed by atoms with van der Waals surface area (Å²) < 4.78 is 0. The molecule has 0 aromatic rings. The third-order valence-corrected chi connectivity index (χ3v) is 4.62. The zero-order valence-corrected chi connectivity index (χ0v) is 14.6. The van der Waals surface area contributed by atoms with Crippen molar-refractivity contribution < 1.29 is 0 Å². The van der Waals surface area contributed by atoms with Crippen LogP contribution in [-0.4, -0.2) is 37.1 Å². The fourth-order valence-electron chi connectivity index (χ4n) is 2.57. The Morgan fingerprint density at radius 3 is 2.05 bits per heavy atom. The van der Waals surface area contributed by atoms with Crippen molar-refractivity contribution in [1.82, 2.24) is 10.2 Å². The molecule has 0 aromatic heterocycles. The Balaban J connectivity index is 4.40. The van der Waals surface area contributed by atoms with Crippen LogP contribution in [0.2, 0.25) is 0 Å². The molecule has 0 saturated heterocycles. The SMILES string of the molecule is CCCNC(C)C(C)(C)CN(CC)CC(CC)CC. The minimum absolute atomic E-state index is 0.331. The van der Waals surface area contributed by atoms with E-state index in [2.05, 4.69) is 58.7 Å². The predicted octanol–water partition coefficient (Wildman–Crippen LogP) is 4.16. The molecular weight excluding hydrogens is 232 g/mol. The molecule has 0 radical (unpaired) electrons. The maximum absolute atomic E-state index is 3.66. The van der Waals surface area contributed by atoms with Gasteiger partial charge in [0.25, 0.3) is 0 Å². The Morgan fingerprint density at radius 2 is 1.63 bits per heavy atom. The van der Waals surface area contributed by atoms with Crippen molar-refractivity contribution in [2.24, 2.45) is 11.3 Å². The molecule has 0 aliphatic carbocycles. The van der Waals surface area contributed by atoms with Gasteiger partial charge in [-0.1, -0.05) is 54.4 Å². The van der Waals surface area contributed by atoms with Crippen LogP contribution in [0.3, 0.4) is 0 Å². The summed E-state index contributed by atoms with van der Waals surface area (Å²) in [5, 5.41) is 3.66. The van der Waals surface area contributed by atoms with Crippen molar-refractivity contribution >= 4 is 0 Å². The van der Waals surface area contributed by atoms with Crippen molar-refractivity contribution in [3.63, 3.8) is 0 Å². The van der Waals surface area contributed by atoms with E-state index in [4.69, 9.17) is 0 Å². The summed E-state index contributed by atoms with van der Waals surface area (Å²) in [6, 6.07) is 0.572. The lowest BCUT2D eigenvalue weighted by Gasteiger charge is -2.38. The van der Waals surface area contributed by atoms with E-state index in [1.165, 1.54) is 38.9 Å². The van der Waals surface area contributed by atoms with Crippen molar-refractivity contribution in [3.8, 4) is 0 Å². The monoisotopic (exact) mass is 270 g/mol. The van der Waals surface area contributed by atoms with Gasteiger partial charge in [0.05, 0.1) is 0 Å². The van der Waals surface area contributed by atoms with Crippen LogP contribution in [0.1, 0.15) is 67.7 Å². The van der Waals surface area contributed by atoms with Gasteiger partial charge in [-0.3, -0.25) is 0 Å². The average molecular weight is 271 g/mol. The van der Waals surface area contributed by atoms with E-state index in [9.17, 15) is 0 Å². The standard InChI is InChI=1S/C17H38N2/c1-8-12-18-15(5)17(6,7)14-19(11-4)13-16(9-2)10-3/h15-16,18H,8-14H2,1-7H3. The second-order valence-corrected chi connectivity index (χ2v) is 6.67. The molecule has 1 N–H and O–H groups in total. The van der Waals surface area contributed by atoms with Crippen LogP contribution in [0, 0.1) is 11.3 Å². The first-order chi connectivity index (χ1) is 8.91. The van der Waals surface area contributed by atoms with E-state index >= 15 is 0 Å². The Bertz CT molecular complexity index is 209. The first-order valence-electron chi connectivity index (χ1n) is 8.36. The highest BCUT2D eigenvalue weighted by atomic mass is 15.1. The molecule has 0 amide bonds. The smallest absolute Gasteiger partial charge is 0.0102 e. The Kier molecular flexibility index (Phi) is 9.72. The molecule has 0 bridgehead atoms. The Morgan fingerprint density at radius 1 is 1.05 bits per heavy atom. The molecule has 0 aliphatic heterocycles. The van der Waals surface area contributed by atoms with E-state index in [0.29, 0.717) is 11.5 Å². The highest BCUT2D eigenvalue weighted by Crippen LogP contribution is 2.23. The number of rotatable bonds is 11. The lowest BCUT2D eigenvalue weighted by Crippen LogP contribution is -2.47. The van der Waals surface area contributed by atoms with Crippen molar-refractivity contribution in [2.75, 3.05) is 26.2 Å². The van der Waals surface area contributed by atoms with Crippen LogP contribution in [0.4, 0.5) is 0 Å². The molecular formula is C17H38N2. The summed E-state index contributed by atoms with van der Waals surface area (Å²) >= 11 is 0. The van der Waals surface area contributed by atoms with Gasteiger partial charge in [-0.25, -0.2) is 0 Å². The van der Waals surface area contributed by atoms with Gasteiger partial charge in [0, 0.05) is 19.1 Å². The van der Waals surface area contributed by atoms with Gasteiger partial charge >= 0.3 is 0 Å². The molecule has 0 spiro atoms. The highest BCUT2D eigenvalue weighted by molar-refractivity contribution is 4.84. The predicted molar refractivity (Wildman–Crippen MR) is 87.7 cm³/mol. The zero-order chi connectivity index (χ0) is 14.9. The fourth-order valence-corrected chi connectivity index (χ4v) is 2.57. The third kappa shape index (κ3) is 7.31. The summed E-state index contributed by atoms with van der Waals surface area (Å²) in [6.07, 6.45) is 3.82. The number of nitrogens with zero attached hydrogens (tertiary/aromatic N) is 1. The van der Waals surface area contributed by atoms with Crippen LogP contribution < -0.4 is 5.32 Å². The number of hydrogen-bond acceptors (Lipinski definition) is 2. The van der Waals surface area contributed by atoms with Crippen molar-refractivity contribution in [1.29, 1.82) is 0 Å². The molecule has 1 atom stereocenters. The van der Waals surface area contributed by atoms with Crippen LogP contribution >= 0.6 is 0 Å². The highest BCUT2D eigenvalue weighted by Gasteiger charge is 2.28. The van der Waals surface area contributed by atoms with Gasteiger partial charge in [0.2, 0.25) is 0 Å². The zero-order valence-electron chi connectivity index (χ0n) is 14.6. The topological polar surface area (TPSA) is 15.3 Å². The van der Waals surface area contributed by atoms with Gasteiger partial charge in [0.15, 0.2) is 0 Å². The molecule has 0 aromatic carbocycles. The van der Waals surface area contributed by atoms with Crippen LogP contribution in [0.5, 0.6) is 0 Å². The number of hydrogen-bond donors (Lipinski definition) is 1. The molecule has 19 heavy (non-hydrogen) atoms. The summed E-state index contributed by atoms with van der Waals surface area (Å²) in [6.45, 7) is 21.0. The quantitative estimate of drug-likeness (QED) is 0.606. The maximum atomic E-state index is 3.66. The van der Waals surface area contributed by atoms with E-state index in [0.717, 1.165) is 12.5 Å². The normalized spacial score (nSPS) is 14.4. The average Bonchev–Trinajstić information content (AvgIpc) is 2.40. The molecule has 0 heterocycles. The van der Waals surface area contributed by atoms with Crippen LogP contribution in [0.25, 0.3) is 0 Å². The van der Waals surface area contributed by atoms with Crippen LogP contribution in [0.15, 0.2) is 0 Å². The number of nitrogens with one attached hydrogen (secondary N) is 1. The second kappa shape index (κ2) is 9.77. The molecule has 0 rings (SSSR count). The van der Waals surface area contributed by atoms with E-state index in [-0.39, 0.29) is 0 Å². The molecule has 2 nitrogen and oxygen atoms in total. The minimum atomic E-state index is 0.331. The van der Waals surface area contributed by atoms with E-state index in [1.807, 2.05) is 0 Å². The lowest BCUT2D eigenvalue weighted by atomic mass is 9.84. The Labute approximate surface area is 122 Å². The van der Waals surface area contributed by atoms with Gasteiger partial charge in [-0.15, -0.1) is 0 Å². The van der Waals surface area contributed by atoms with E-state index in [1.54, 1.807) is 0 Å². The maximum Gasteiger partial charge on any atom is 0.0102 e. The lowest BCUT2D eigenvalue weighted by molar-refractivity contribution is 0.129. The molecule has 0 saturated carbocycles. The Hall–Kier alpha value is -0.0800.